The lowest BCUT2D eigenvalue weighted by Crippen LogP contribution is -2.25. The Balaban J connectivity index is 3.13. The van der Waals surface area contributed by atoms with Gasteiger partial charge >= 0.3 is 0 Å². The van der Waals surface area contributed by atoms with E-state index in [-0.39, 0.29) is 16.6 Å². The highest BCUT2D eigenvalue weighted by Gasteiger charge is 2.22. The third kappa shape index (κ3) is 3.36. The van der Waals surface area contributed by atoms with Crippen molar-refractivity contribution < 1.29 is 14.1 Å². The first-order valence-corrected chi connectivity index (χ1v) is 5.68. The number of amides is 1. The summed E-state index contributed by atoms with van der Waals surface area (Å²) in [4.78, 5) is 21.8. The smallest absolute Gasteiger partial charge is 0.283 e. The molecule has 0 saturated heterocycles. The van der Waals surface area contributed by atoms with Crippen molar-refractivity contribution in [1.82, 2.24) is 5.32 Å². The normalized spacial score (nSPS) is 9.94. The van der Waals surface area contributed by atoms with Gasteiger partial charge in [0.2, 0.25) is 0 Å². The highest BCUT2D eigenvalue weighted by atomic mass is 79.9. The van der Waals surface area contributed by atoms with Crippen LogP contribution in [0.15, 0.2) is 28.8 Å². The third-order valence-electron chi connectivity index (χ3n) is 2.03. The van der Waals surface area contributed by atoms with E-state index in [2.05, 4.69) is 27.8 Å². The van der Waals surface area contributed by atoms with Gasteiger partial charge in [0.05, 0.1) is 9.40 Å². The number of rotatable bonds is 4. The van der Waals surface area contributed by atoms with Gasteiger partial charge in [-0.1, -0.05) is 12.2 Å². The van der Waals surface area contributed by atoms with Crippen LogP contribution in [0.4, 0.5) is 10.1 Å². The van der Waals surface area contributed by atoms with E-state index in [9.17, 15) is 19.3 Å². The Morgan fingerprint density at radius 2 is 2.22 bits per heavy atom. The molecule has 0 aliphatic heterocycles. The molecule has 0 radical (unpaired) electrons. The molecule has 0 saturated carbocycles. The van der Waals surface area contributed by atoms with Crippen LogP contribution in [-0.4, -0.2) is 17.4 Å². The predicted molar refractivity (Wildman–Crippen MR) is 67.9 cm³/mol. The molecule has 1 amide bonds. The average Bonchev–Trinajstić information content (AvgIpc) is 2.28. The lowest BCUT2D eigenvalue weighted by molar-refractivity contribution is -0.385. The zero-order chi connectivity index (χ0) is 13.9. The van der Waals surface area contributed by atoms with Crippen molar-refractivity contribution in [2.75, 3.05) is 6.54 Å². The number of nitro groups is 1. The van der Waals surface area contributed by atoms with Crippen molar-refractivity contribution in [1.29, 1.82) is 0 Å². The Hall–Kier alpha value is -1.76. The summed E-state index contributed by atoms with van der Waals surface area (Å²) >= 11 is 2.83. The molecular weight excluding hydrogens is 307 g/mol. The minimum Gasteiger partial charge on any atom is -0.348 e. The number of carbonyl (C=O) groups is 1. The second-order valence-electron chi connectivity index (χ2n) is 3.68. The SMILES string of the molecule is C=C(C)CNC(=O)c1cc(F)c(Br)cc1[N+](=O)[O-]. The van der Waals surface area contributed by atoms with Gasteiger partial charge in [-0.3, -0.25) is 14.9 Å². The second kappa shape index (κ2) is 5.72. The van der Waals surface area contributed by atoms with Crippen molar-refractivity contribution in [2.24, 2.45) is 0 Å². The van der Waals surface area contributed by atoms with Crippen LogP contribution < -0.4 is 5.32 Å². The molecule has 0 atom stereocenters. The van der Waals surface area contributed by atoms with Gasteiger partial charge in [0.1, 0.15) is 11.4 Å². The van der Waals surface area contributed by atoms with Gasteiger partial charge in [0.25, 0.3) is 11.6 Å². The number of hydrogen-bond acceptors (Lipinski definition) is 3. The maximum Gasteiger partial charge on any atom is 0.283 e. The van der Waals surface area contributed by atoms with Crippen molar-refractivity contribution >= 4 is 27.5 Å². The fourth-order valence-electron chi connectivity index (χ4n) is 1.20. The lowest BCUT2D eigenvalue weighted by atomic mass is 10.1. The standard InChI is InChI=1S/C11H10BrFN2O3/c1-6(2)5-14-11(16)7-3-9(13)8(12)4-10(7)15(17)18/h3-4H,1,5H2,2H3,(H,14,16). The first-order valence-electron chi connectivity index (χ1n) is 4.89. The van der Waals surface area contributed by atoms with Gasteiger partial charge in [0.15, 0.2) is 0 Å². The van der Waals surface area contributed by atoms with E-state index in [1.165, 1.54) is 0 Å². The number of nitrogens with one attached hydrogen (secondary N) is 1. The monoisotopic (exact) mass is 316 g/mol. The highest BCUT2D eigenvalue weighted by molar-refractivity contribution is 9.10. The Morgan fingerprint density at radius 3 is 2.72 bits per heavy atom. The van der Waals surface area contributed by atoms with E-state index in [0.717, 1.165) is 12.1 Å². The molecule has 18 heavy (non-hydrogen) atoms. The number of carbonyl (C=O) groups excluding carboxylic acids is 1. The third-order valence-corrected chi connectivity index (χ3v) is 2.64. The Kier molecular flexibility index (Phi) is 4.55. The molecule has 1 aromatic rings. The highest BCUT2D eigenvalue weighted by Crippen LogP contribution is 2.26. The fraction of sp³-hybridized carbons (Fsp3) is 0.182. The molecule has 0 heterocycles. The van der Waals surface area contributed by atoms with E-state index in [1.54, 1.807) is 6.92 Å². The maximum atomic E-state index is 13.3. The molecule has 0 spiro atoms. The van der Waals surface area contributed by atoms with Gasteiger partial charge in [-0.2, -0.15) is 0 Å². The Morgan fingerprint density at radius 1 is 1.61 bits per heavy atom. The minimum absolute atomic E-state index is 0.0642. The second-order valence-corrected chi connectivity index (χ2v) is 4.53. The van der Waals surface area contributed by atoms with Crippen molar-refractivity contribution in [2.45, 2.75) is 6.92 Å². The molecule has 7 heteroatoms. The molecule has 0 bridgehead atoms. The topological polar surface area (TPSA) is 72.2 Å². The number of nitro benzene ring substituents is 1. The van der Waals surface area contributed by atoms with Crippen LogP contribution in [0.3, 0.4) is 0 Å². The van der Waals surface area contributed by atoms with Crippen LogP contribution in [0.1, 0.15) is 17.3 Å². The van der Waals surface area contributed by atoms with Crippen LogP contribution in [0.5, 0.6) is 0 Å². The van der Waals surface area contributed by atoms with Gasteiger partial charge in [0, 0.05) is 12.6 Å². The van der Waals surface area contributed by atoms with E-state index in [1.807, 2.05) is 0 Å². The summed E-state index contributed by atoms with van der Waals surface area (Å²) < 4.78 is 13.3. The van der Waals surface area contributed by atoms with Gasteiger partial charge < -0.3 is 5.32 Å². The van der Waals surface area contributed by atoms with Crippen LogP contribution in [-0.2, 0) is 0 Å². The van der Waals surface area contributed by atoms with Crippen molar-refractivity contribution in [3.63, 3.8) is 0 Å². The summed E-state index contributed by atoms with van der Waals surface area (Å²) in [5.74, 6) is -1.45. The van der Waals surface area contributed by atoms with E-state index < -0.39 is 22.3 Å². The molecule has 0 aliphatic rings. The van der Waals surface area contributed by atoms with Gasteiger partial charge in [-0.25, -0.2) is 4.39 Å². The summed E-state index contributed by atoms with van der Waals surface area (Å²) in [5.41, 5.74) is -0.0898. The predicted octanol–water partition coefficient (Wildman–Crippen LogP) is 2.80. The first kappa shape index (κ1) is 14.3. The molecule has 5 nitrogen and oxygen atoms in total. The number of benzene rings is 1. The molecule has 1 N–H and O–H groups in total. The molecule has 1 rings (SSSR count). The van der Waals surface area contributed by atoms with Crippen LogP contribution in [0.2, 0.25) is 0 Å². The average molecular weight is 317 g/mol. The quantitative estimate of drug-likeness (QED) is 0.527. The number of halogens is 2. The van der Waals surface area contributed by atoms with Crippen LogP contribution in [0, 0.1) is 15.9 Å². The zero-order valence-electron chi connectivity index (χ0n) is 9.50. The molecule has 0 aliphatic carbocycles. The van der Waals surface area contributed by atoms with E-state index in [0.29, 0.717) is 5.57 Å². The molecule has 96 valence electrons. The van der Waals surface area contributed by atoms with Crippen LogP contribution >= 0.6 is 15.9 Å². The molecule has 0 unspecified atom stereocenters. The van der Waals surface area contributed by atoms with Crippen molar-refractivity contribution in [3.05, 3.63) is 50.3 Å². The number of hydrogen-bond donors (Lipinski definition) is 1. The summed E-state index contributed by atoms with van der Waals surface area (Å²) in [6.45, 7) is 5.45. The Labute approximate surface area is 111 Å². The minimum atomic E-state index is -0.736. The van der Waals surface area contributed by atoms with Crippen LogP contribution in [0.25, 0.3) is 0 Å². The van der Waals surface area contributed by atoms with Gasteiger partial charge in [-0.05, 0) is 28.9 Å². The fourth-order valence-corrected chi connectivity index (χ4v) is 1.53. The summed E-state index contributed by atoms with van der Waals surface area (Å²) in [6, 6.07) is 1.79. The first-order chi connectivity index (χ1) is 8.32. The van der Waals surface area contributed by atoms with E-state index >= 15 is 0 Å². The zero-order valence-corrected chi connectivity index (χ0v) is 11.1. The summed E-state index contributed by atoms with van der Waals surface area (Å²) in [7, 11) is 0. The summed E-state index contributed by atoms with van der Waals surface area (Å²) in [5, 5.41) is 13.2. The molecule has 1 aromatic carbocycles. The number of nitrogens with zero attached hydrogens (tertiary/aromatic N) is 1. The molecule has 0 aromatic heterocycles. The van der Waals surface area contributed by atoms with Crippen molar-refractivity contribution in [3.8, 4) is 0 Å². The molecular formula is C11H10BrFN2O3. The largest absolute Gasteiger partial charge is 0.348 e. The molecule has 0 fully saturated rings. The van der Waals surface area contributed by atoms with E-state index in [4.69, 9.17) is 0 Å². The summed E-state index contributed by atoms with van der Waals surface area (Å²) in [6.07, 6.45) is 0. The lowest BCUT2D eigenvalue weighted by Gasteiger charge is -2.06. The Bertz CT molecular complexity index is 531. The van der Waals surface area contributed by atoms with Gasteiger partial charge in [-0.15, -0.1) is 0 Å². The maximum absolute atomic E-state index is 13.3.